The number of esters is 1. The summed E-state index contributed by atoms with van der Waals surface area (Å²) in [5.74, 6) is -0.193. The molecule has 1 amide bonds. The minimum atomic E-state index is -0.697. The molecular formula is C15H21NO6. The Hall–Kier alpha value is -2.12. The van der Waals surface area contributed by atoms with Gasteiger partial charge in [-0.2, -0.15) is 0 Å². The molecule has 0 bridgehead atoms. The summed E-state index contributed by atoms with van der Waals surface area (Å²) in [7, 11) is 0. The molecule has 0 radical (unpaired) electrons. The number of carbonyl (C=O) groups excluding carboxylic acids is 2. The zero-order chi connectivity index (χ0) is 16.5. The van der Waals surface area contributed by atoms with Crippen molar-refractivity contribution in [3.63, 3.8) is 0 Å². The minimum absolute atomic E-state index is 0.0265. The van der Waals surface area contributed by atoms with Crippen molar-refractivity contribution in [2.75, 3.05) is 13.2 Å². The first-order valence-electron chi connectivity index (χ1n) is 6.92. The topological polar surface area (TPSA) is 105 Å². The Labute approximate surface area is 128 Å². The summed E-state index contributed by atoms with van der Waals surface area (Å²) >= 11 is 0. The number of aliphatic hydroxyl groups excluding tert-OH is 2. The predicted molar refractivity (Wildman–Crippen MR) is 78.5 cm³/mol. The van der Waals surface area contributed by atoms with Crippen molar-refractivity contribution in [2.24, 2.45) is 0 Å². The highest BCUT2D eigenvalue weighted by Crippen LogP contribution is 2.28. The second-order valence-electron chi connectivity index (χ2n) is 4.78. The van der Waals surface area contributed by atoms with Crippen molar-refractivity contribution >= 4 is 11.9 Å². The molecule has 0 aromatic heterocycles. The molecule has 0 heterocycles. The maximum Gasteiger partial charge on any atom is 0.308 e. The van der Waals surface area contributed by atoms with Gasteiger partial charge in [-0.05, 0) is 24.6 Å². The summed E-state index contributed by atoms with van der Waals surface area (Å²) in [6.07, 6.45) is -0.670. The van der Waals surface area contributed by atoms with Crippen molar-refractivity contribution in [3.05, 3.63) is 23.8 Å². The molecule has 22 heavy (non-hydrogen) atoms. The zero-order valence-electron chi connectivity index (χ0n) is 12.7. The van der Waals surface area contributed by atoms with Crippen molar-refractivity contribution in [3.8, 4) is 11.5 Å². The van der Waals surface area contributed by atoms with E-state index >= 15 is 0 Å². The van der Waals surface area contributed by atoms with Gasteiger partial charge in [0.25, 0.3) is 0 Å². The van der Waals surface area contributed by atoms with Gasteiger partial charge in [0.05, 0.1) is 25.7 Å². The summed E-state index contributed by atoms with van der Waals surface area (Å²) in [5.41, 5.74) is 0.615. The maximum absolute atomic E-state index is 11.3. The smallest absolute Gasteiger partial charge is 0.308 e. The average Bonchev–Trinajstić information content (AvgIpc) is 2.43. The van der Waals surface area contributed by atoms with Crippen LogP contribution in [0.15, 0.2) is 18.2 Å². The standard InChI is InChI=1S/C15H21NO6/c1-10(18)7-15(20)16-5-6-21-14-8-12(9-17)3-4-13(14)22-11(2)19/h3-4,8,10,17-18H,5-7,9H2,1-2H3,(H,16,20). The Bertz CT molecular complexity index is 515. The van der Waals surface area contributed by atoms with Crippen LogP contribution in [0.25, 0.3) is 0 Å². The van der Waals surface area contributed by atoms with E-state index in [1.165, 1.54) is 19.9 Å². The van der Waals surface area contributed by atoms with E-state index in [4.69, 9.17) is 19.7 Å². The fourth-order valence-electron chi connectivity index (χ4n) is 1.69. The summed E-state index contributed by atoms with van der Waals surface area (Å²) in [6, 6.07) is 4.72. The van der Waals surface area contributed by atoms with Crippen LogP contribution in [0.5, 0.6) is 11.5 Å². The van der Waals surface area contributed by atoms with Crippen LogP contribution < -0.4 is 14.8 Å². The van der Waals surface area contributed by atoms with Gasteiger partial charge in [0.2, 0.25) is 5.91 Å². The second kappa shape index (κ2) is 9.01. The summed E-state index contributed by atoms with van der Waals surface area (Å²) in [5, 5.41) is 20.8. The number of rotatable bonds is 8. The SMILES string of the molecule is CC(=O)Oc1ccc(CO)cc1OCCNC(=O)CC(C)O. The summed E-state index contributed by atoms with van der Waals surface area (Å²) < 4.78 is 10.5. The monoisotopic (exact) mass is 311 g/mol. The van der Waals surface area contributed by atoms with Crippen LogP contribution in [-0.2, 0) is 16.2 Å². The molecule has 0 aliphatic heterocycles. The van der Waals surface area contributed by atoms with Crippen molar-refractivity contribution < 1.29 is 29.3 Å². The van der Waals surface area contributed by atoms with Crippen LogP contribution >= 0.6 is 0 Å². The van der Waals surface area contributed by atoms with Gasteiger partial charge in [0.1, 0.15) is 6.61 Å². The third kappa shape index (κ3) is 6.55. The van der Waals surface area contributed by atoms with Crippen LogP contribution in [0.4, 0.5) is 0 Å². The predicted octanol–water partition coefficient (Wildman–Crippen LogP) is 0.370. The highest BCUT2D eigenvalue weighted by atomic mass is 16.6. The number of aliphatic hydroxyl groups is 2. The molecule has 0 aliphatic rings. The molecule has 1 atom stereocenters. The van der Waals surface area contributed by atoms with Gasteiger partial charge in [0.15, 0.2) is 11.5 Å². The Balaban J connectivity index is 2.56. The minimum Gasteiger partial charge on any atom is -0.488 e. The van der Waals surface area contributed by atoms with E-state index in [2.05, 4.69) is 5.32 Å². The Kier molecular flexibility index (Phi) is 7.34. The summed E-state index contributed by atoms with van der Waals surface area (Å²) in [4.78, 5) is 22.4. The van der Waals surface area contributed by atoms with Crippen LogP contribution in [0.1, 0.15) is 25.8 Å². The zero-order valence-corrected chi connectivity index (χ0v) is 12.7. The van der Waals surface area contributed by atoms with Gasteiger partial charge in [-0.15, -0.1) is 0 Å². The van der Waals surface area contributed by atoms with Crippen molar-refractivity contribution in [1.29, 1.82) is 0 Å². The lowest BCUT2D eigenvalue weighted by Crippen LogP contribution is -2.30. The summed E-state index contributed by atoms with van der Waals surface area (Å²) in [6.45, 7) is 3.05. The normalized spacial score (nSPS) is 11.6. The molecular weight excluding hydrogens is 290 g/mol. The third-order valence-electron chi connectivity index (χ3n) is 2.61. The fraction of sp³-hybridized carbons (Fsp3) is 0.467. The van der Waals surface area contributed by atoms with E-state index in [9.17, 15) is 9.59 Å². The van der Waals surface area contributed by atoms with E-state index in [0.717, 1.165) is 0 Å². The Morgan fingerprint density at radius 3 is 2.64 bits per heavy atom. The van der Waals surface area contributed by atoms with Crippen molar-refractivity contribution in [1.82, 2.24) is 5.32 Å². The Morgan fingerprint density at radius 1 is 1.32 bits per heavy atom. The van der Waals surface area contributed by atoms with E-state index < -0.39 is 12.1 Å². The molecule has 0 saturated carbocycles. The number of nitrogens with one attached hydrogen (secondary N) is 1. The van der Waals surface area contributed by atoms with E-state index in [-0.39, 0.29) is 37.8 Å². The molecule has 3 N–H and O–H groups in total. The first kappa shape index (κ1) is 17.9. The molecule has 122 valence electrons. The van der Waals surface area contributed by atoms with Gasteiger partial charge in [0, 0.05) is 6.92 Å². The first-order chi connectivity index (χ1) is 10.4. The number of benzene rings is 1. The molecule has 0 spiro atoms. The maximum atomic E-state index is 11.3. The van der Waals surface area contributed by atoms with Crippen molar-refractivity contribution in [2.45, 2.75) is 33.0 Å². The lowest BCUT2D eigenvalue weighted by molar-refractivity contribution is -0.132. The van der Waals surface area contributed by atoms with Gasteiger partial charge >= 0.3 is 5.97 Å². The average molecular weight is 311 g/mol. The molecule has 7 heteroatoms. The first-order valence-corrected chi connectivity index (χ1v) is 6.92. The van der Waals surface area contributed by atoms with Crippen LogP contribution in [0.3, 0.4) is 0 Å². The van der Waals surface area contributed by atoms with E-state index in [1.54, 1.807) is 12.1 Å². The molecule has 1 aromatic carbocycles. The number of amides is 1. The van der Waals surface area contributed by atoms with Gasteiger partial charge in [-0.1, -0.05) is 6.07 Å². The highest BCUT2D eigenvalue weighted by molar-refractivity contribution is 5.76. The molecule has 0 aliphatic carbocycles. The quantitative estimate of drug-likeness (QED) is 0.364. The molecule has 1 unspecified atom stereocenters. The molecule has 0 fully saturated rings. The largest absolute Gasteiger partial charge is 0.488 e. The van der Waals surface area contributed by atoms with Gasteiger partial charge in [-0.25, -0.2) is 0 Å². The lowest BCUT2D eigenvalue weighted by Gasteiger charge is -2.13. The molecule has 7 nitrogen and oxygen atoms in total. The molecule has 1 rings (SSSR count). The van der Waals surface area contributed by atoms with Crippen LogP contribution in [-0.4, -0.2) is 41.3 Å². The Morgan fingerprint density at radius 2 is 2.05 bits per heavy atom. The van der Waals surface area contributed by atoms with E-state index in [1.807, 2.05) is 0 Å². The molecule has 1 aromatic rings. The lowest BCUT2D eigenvalue weighted by atomic mass is 10.2. The van der Waals surface area contributed by atoms with Crippen LogP contribution in [0, 0.1) is 0 Å². The second-order valence-corrected chi connectivity index (χ2v) is 4.78. The molecule has 0 saturated heterocycles. The number of carbonyl (C=O) groups is 2. The van der Waals surface area contributed by atoms with Gasteiger partial charge < -0.3 is 25.0 Å². The number of hydrogen-bond acceptors (Lipinski definition) is 6. The number of ether oxygens (including phenoxy) is 2. The third-order valence-corrected chi connectivity index (χ3v) is 2.61. The highest BCUT2D eigenvalue weighted by Gasteiger charge is 2.10. The fourth-order valence-corrected chi connectivity index (χ4v) is 1.69. The number of hydrogen-bond donors (Lipinski definition) is 3. The van der Waals surface area contributed by atoms with Crippen LogP contribution in [0.2, 0.25) is 0 Å². The van der Waals surface area contributed by atoms with Gasteiger partial charge in [-0.3, -0.25) is 9.59 Å². The van der Waals surface area contributed by atoms with E-state index in [0.29, 0.717) is 11.3 Å².